The number of aryl methyl sites for hydroxylation is 1. The summed E-state index contributed by atoms with van der Waals surface area (Å²) in [4.78, 5) is 15.8. The summed E-state index contributed by atoms with van der Waals surface area (Å²) in [5.74, 6) is 1.02. The third-order valence-electron chi connectivity index (χ3n) is 7.95. The van der Waals surface area contributed by atoms with E-state index in [9.17, 15) is 4.79 Å². The molecule has 0 unspecified atom stereocenters. The molecule has 8 nitrogen and oxygen atoms in total. The van der Waals surface area contributed by atoms with E-state index in [1.54, 1.807) is 0 Å². The van der Waals surface area contributed by atoms with Crippen molar-refractivity contribution in [3.05, 3.63) is 58.3 Å². The third-order valence-corrected chi connectivity index (χ3v) is 7.95. The van der Waals surface area contributed by atoms with E-state index in [1.807, 2.05) is 36.4 Å². The van der Waals surface area contributed by atoms with E-state index < -0.39 is 0 Å². The van der Waals surface area contributed by atoms with Crippen LogP contribution < -0.4 is 5.43 Å². The predicted octanol–water partition coefficient (Wildman–Crippen LogP) is 5.42. The second-order valence-electron chi connectivity index (χ2n) is 12.5. The lowest BCUT2D eigenvalue weighted by Gasteiger charge is -2.27. The summed E-state index contributed by atoms with van der Waals surface area (Å²) in [6.07, 6.45) is 1.93. The second kappa shape index (κ2) is 17.2. The Kier molecular flexibility index (Phi) is 13.5. The third kappa shape index (κ3) is 10.1. The first-order chi connectivity index (χ1) is 20.8. The van der Waals surface area contributed by atoms with Gasteiger partial charge in [-0.1, -0.05) is 52.0 Å². The van der Waals surface area contributed by atoms with Gasteiger partial charge in [-0.15, -0.1) is 0 Å². The van der Waals surface area contributed by atoms with Crippen molar-refractivity contribution in [1.82, 2.24) is 9.47 Å². The van der Waals surface area contributed by atoms with Crippen LogP contribution in [0, 0.1) is 11.8 Å². The smallest absolute Gasteiger partial charge is 0.197 e. The highest BCUT2D eigenvalue weighted by Gasteiger charge is 2.18. The molecule has 3 aromatic rings. The number of rotatable bonds is 6. The summed E-state index contributed by atoms with van der Waals surface area (Å²) in [6, 6.07) is 13.9. The number of para-hydroxylation sites is 2. The first-order valence-electron chi connectivity index (χ1n) is 16.0. The standard InChI is InChI=1S/C35H52N2O6/c1-26(2)21-29-24-40-19-17-39-18-20-41-25-30(22-27(3)4)43-16-14-37(13-15-42-29)23-28-9-8-11-32-34(28)36(5)33-12-7-6-10-31(33)35(32)38/h6-12,26-27,29-30H,13-25H2,1-5H3/t29-,30-/m0/s1. The van der Waals surface area contributed by atoms with Gasteiger partial charge in [-0.25, -0.2) is 0 Å². The molecule has 0 spiro atoms. The minimum absolute atomic E-state index is 0.0282. The van der Waals surface area contributed by atoms with Gasteiger partial charge in [0, 0.05) is 37.5 Å². The highest BCUT2D eigenvalue weighted by Crippen LogP contribution is 2.23. The van der Waals surface area contributed by atoms with E-state index in [2.05, 4.69) is 50.3 Å². The number of hydrogen-bond acceptors (Lipinski definition) is 7. The molecule has 0 aliphatic carbocycles. The minimum Gasteiger partial charge on any atom is -0.377 e. The van der Waals surface area contributed by atoms with Crippen LogP contribution in [0.4, 0.5) is 0 Å². The molecule has 0 saturated carbocycles. The van der Waals surface area contributed by atoms with Gasteiger partial charge in [0.1, 0.15) is 0 Å². The van der Waals surface area contributed by atoms with E-state index in [4.69, 9.17) is 23.7 Å². The largest absolute Gasteiger partial charge is 0.377 e. The number of nitrogens with zero attached hydrogens (tertiary/aromatic N) is 2. The van der Waals surface area contributed by atoms with Crippen molar-refractivity contribution >= 4 is 21.8 Å². The van der Waals surface area contributed by atoms with Crippen LogP contribution in [0.3, 0.4) is 0 Å². The van der Waals surface area contributed by atoms with Crippen LogP contribution in [0.5, 0.6) is 0 Å². The van der Waals surface area contributed by atoms with Crippen LogP contribution >= 0.6 is 0 Å². The van der Waals surface area contributed by atoms with Crippen LogP contribution in [-0.2, 0) is 37.3 Å². The van der Waals surface area contributed by atoms with Gasteiger partial charge in [-0.05, 0) is 48.4 Å². The maximum Gasteiger partial charge on any atom is 0.197 e. The van der Waals surface area contributed by atoms with Crippen LogP contribution in [0.2, 0.25) is 0 Å². The highest BCUT2D eigenvalue weighted by molar-refractivity contribution is 5.94. The van der Waals surface area contributed by atoms with Gasteiger partial charge in [-0.2, -0.15) is 0 Å². The first-order valence-corrected chi connectivity index (χ1v) is 16.0. The highest BCUT2D eigenvalue weighted by atomic mass is 16.6. The topological polar surface area (TPSA) is 71.4 Å². The molecule has 4 rings (SSSR count). The summed E-state index contributed by atoms with van der Waals surface area (Å²) in [5.41, 5.74) is 3.12. The average molecular weight is 597 g/mol. The van der Waals surface area contributed by atoms with Crippen molar-refractivity contribution in [3.8, 4) is 0 Å². The van der Waals surface area contributed by atoms with Gasteiger partial charge in [-0.3, -0.25) is 9.69 Å². The number of aromatic nitrogens is 1. The van der Waals surface area contributed by atoms with Crippen molar-refractivity contribution in [2.45, 2.75) is 59.3 Å². The fraction of sp³-hybridized carbons (Fsp3) is 0.629. The van der Waals surface area contributed by atoms with Gasteiger partial charge >= 0.3 is 0 Å². The summed E-state index contributed by atoms with van der Waals surface area (Å²) >= 11 is 0. The Morgan fingerprint density at radius 2 is 1.28 bits per heavy atom. The molecule has 43 heavy (non-hydrogen) atoms. The SMILES string of the molecule is CC(C)C[C@H]1COCCOCCOC[C@H](CC(C)C)OCCN(Cc2cccc3c(=O)c4ccccc4n(C)c23)CCO1. The molecule has 0 amide bonds. The molecule has 8 heteroatoms. The molecule has 0 radical (unpaired) electrons. The quantitative estimate of drug-likeness (QED) is 0.352. The van der Waals surface area contributed by atoms with E-state index in [1.165, 1.54) is 0 Å². The van der Waals surface area contributed by atoms with Gasteiger partial charge in [0.15, 0.2) is 5.43 Å². The Morgan fingerprint density at radius 3 is 1.88 bits per heavy atom. The zero-order chi connectivity index (χ0) is 30.6. The number of benzene rings is 2. The first kappa shape index (κ1) is 33.6. The average Bonchev–Trinajstić information content (AvgIpc) is 2.97. The lowest BCUT2D eigenvalue weighted by atomic mass is 10.0. The van der Waals surface area contributed by atoms with Crippen molar-refractivity contribution in [2.24, 2.45) is 18.9 Å². The fourth-order valence-electron chi connectivity index (χ4n) is 5.92. The number of fused-ring (bicyclic) bond motifs is 2. The molecule has 2 aromatic carbocycles. The fourth-order valence-corrected chi connectivity index (χ4v) is 5.92. The predicted molar refractivity (Wildman–Crippen MR) is 173 cm³/mol. The molecule has 1 aliphatic heterocycles. The van der Waals surface area contributed by atoms with Gasteiger partial charge in [0.05, 0.1) is 76.1 Å². The molecule has 1 aliphatic rings. The van der Waals surface area contributed by atoms with Gasteiger partial charge < -0.3 is 28.3 Å². The maximum atomic E-state index is 13.4. The molecule has 0 bridgehead atoms. The Hall–Kier alpha value is -2.33. The van der Waals surface area contributed by atoms with Gasteiger partial charge in [0.2, 0.25) is 0 Å². The van der Waals surface area contributed by atoms with E-state index in [0.29, 0.717) is 71.2 Å². The maximum absolute atomic E-state index is 13.4. The minimum atomic E-state index is 0.0282. The van der Waals surface area contributed by atoms with Crippen molar-refractivity contribution in [3.63, 3.8) is 0 Å². The molecule has 1 aromatic heterocycles. The lowest BCUT2D eigenvalue weighted by Crippen LogP contribution is -2.35. The van der Waals surface area contributed by atoms with Crippen LogP contribution in [-0.4, -0.2) is 87.6 Å². The molecular formula is C35H52N2O6. The number of ether oxygens (including phenoxy) is 5. The lowest BCUT2D eigenvalue weighted by molar-refractivity contribution is -0.0648. The van der Waals surface area contributed by atoms with Crippen molar-refractivity contribution in [2.75, 3.05) is 65.9 Å². The molecule has 1 saturated heterocycles. The summed E-state index contributed by atoms with van der Waals surface area (Å²) in [7, 11) is 2.05. The Morgan fingerprint density at radius 1 is 0.721 bits per heavy atom. The zero-order valence-corrected chi connectivity index (χ0v) is 26.9. The van der Waals surface area contributed by atoms with Gasteiger partial charge in [0.25, 0.3) is 0 Å². The Labute approximate surface area is 257 Å². The van der Waals surface area contributed by atoms with Crippen molar-refractivity contribution in [1.29, 1.82) is 0 Å². The summed E-state index contributed by atoms with van der Waals surface area (Å²) in [6.45, 7) is 15.5. The van der Waals surface area contributed by atoms with Crippen LogP contribution in [0.1, 0.15) is 46.1 Å². The number of hydrogen-bond donors (Lipinski definition) is 0. The second-order valence-corrected chi connectivity index (χ2v) is 12.5. The molecule has 2 heterocycles. The zero-order valence-electron chi connectivity index (χ0n) is 26.9. The van der Waals surface area contributed by atoms with Crippen LogP contribution in [0.25, 0.3) is 21.8 Å². The summed E-state index contributed by atoms with van der Waals surface area (Å²) < 4.78 is 32.5. The molecule has 238 valence electrons. The van der Waals surface area contributed by atoms with Crippen LogP contribution in [0.15, 0.2) is 47.3 Å². The summed E-state index contributed by atoms with van der Waals surface area (Å²) in [5, 5.41) is 1.50. The van der Waals surface area contributed by atoms with E-state index in [0.717, 1.165) is 53.3 Å². The Bertz CT molecular complexity index is 1290. The monoisotopic (exact) mass is 596 g/mol. The van der Waals surface area contributed by atoms with Crippen molar-refractivity contribution < 1.29 is 23.7 Å². The molecular weight excluding hydrogens is 544 g/mol. The van der Waals surface area contributed by atoms with E-state index >= 15 is 0 Å². The van der Waals surface area contributed by atoms with E-state index in [-0.39, 0.29) is 17.6 Å². The molecule has 0 N–H and O–H groups in total. The molecule has 1 fully saturated rings. The Balaban J connectivity index is 1.56. The normalized spacial score (nSPS) is 21.4. The number of pyridine rings is 1. The molecule has 2 atom stereocenters.